The Morgan fingerprint density at radius 3 is 1.85 bits per heavy atom. The maximum absolute atomic E-state index is 2.47. The Morgan fingerprint density at radius 1 is 0.348 bits per heavy atom. The molecule has 1 spiro atoms. The van der Waals surface area contributed by atoms with E-state index in [1.807, 2.05) is 11.8 Å². The average molecular weight is 599 g/mol. The van der Waals surface area contributed by atoms with Gasteiger partial charge in [-0.3, -0.25) is 0 Å². The molecular formula is C45H26S. The van der Waals surface area contributed by atoms with Crippen molar-refractivity contribution in [2.24, 2.45) is 0 Å². The van der Waals surface area contributed by atoms with Crippen LogP contribution in [0, 0.1) is 0 Å². The third-order valence-electron chi connectivity index (χ3n) is 10.6. The quantitative estimate of drug-likeness (QED) is 0.181. The fourth-order valence-corrected chi connectivity index (χ4v) is 9.97. The van der Waals surface area contributed by atoms with E-state index in [4.69, 9.17) is 0 Å². The van der Waals surface area contributed by atoms with Gasteiger partial charge in [0.1, 0.15) is 0 Å². The van der Waals surface area contributed by atoms with Crippen molar-refractivity contribution < 1.29 is 0 Å². The summed E-state index contributed by atoms with van der Waals surface area (Å²) in [5.41, 5.74) is 15.8. The predicted octanol–water partition coefficient (Wildman–Crippen LogP) is 12.1. The number of benzene rings is 8. The first kappa shape index (κ1) is 24.9. The van der Waals surface area contributed by atoms with Gasteiger partial charge < -0.3 is 0 Å². The summed E-state index contributed by atoms with van der Waals surface area (Å²) in [5.74, 6) is 0. The molecule has 0 saturated heterocycles. The third-order valence-corrected chi connectivity index (χ3v) is 11.8. The minimum absolute atomic E-state index is 0.369. The van der Waals surface area contributed by atoms with Crippen molar-refractivity contribution in [2.45, 2.75) is 15.2 Å². The number of fused-ring (bicyclic) bond motifs is 13. The van der Waals surface area contributed by atoms with Gasteiger partial charge in [0.2, 0.25) is 0 Å². The molecule has 1 aliphatic heterocycles. The van der Waals surface area contributed by atoms with E-state index in [0.717, 1.165) is 0 Å². The molecule has 3 aliphatic rings. The molecule has 0 aromatic heterocycles. The molecule has 0 radical (unpaired) electrons. The van der Waals surface area contributed by atoms with Crippen LogP contribution in [-0.2, 0) is 5.41 Å². The monoisotopic (exact) mass is 598 g/mol. The van der Waals surface area contributed by atoms with Crippen molar-refractivity contribution in [2.75, 3.05) is 0 Å². The fourth-order valence-electron chi connectivity index (χ4n) is 8.84. The highest BCUT2D eigenvalue weighted by Gasteiger charge is 2.52. The van der Waals surface area contributed by atoms with Gasteiger partial charge in [0.15, 0.2) is 0 Å². The Labute approximate surface area is 272 Å². The highest BCUT2D eigenvalue weighted by atomic mass is 32.2. The maximum atomic E-state index is 2.47. The summed E-state index contributed by atoms with van der Waals surface area (Å²) in [6.07, 6.45) is 0. The Kier molecular flexibility index (Phi) is 4.80. The van der Waals surface area contributed by atoms with E-state index in [1.165, 1.54) is 98.1 Å². The van der Waals surface area contributed by atoms with Gasteiger partial charge in [0.05, 0.1) is 5.41 Å². The van der Waals surface area contributed by atoms with Crippen LogP contribution in [0.1, 0.15) is 22.3 Å². The summed E-state index contributed by atoms with van der Waals surface area (Å²) >= 11 is 1.89. The van der Waals surface area contributed by atoms with Crippen molar-refractivity contribution in [1.29, 1.82) is 0 Å². The van der Waals surface area contributed by atoms with Gasteiger partial charge in [-0.1, -0.05) is 139 Å². The fraction of sp³-hybridized carbons (Fsp3) is 0.0222. The van der Waals surface area contributed by atoms with Crippen LogP contribution in [0.4, 0.5) is 0 Å². The lowest BCUT2D eigenvalue weighted by Crippen LogP contribution is -2.25. The minimum Gasteiger partial charge on any atom is -0.0888 e. The zero-order valence-corrected chi connectivity index (χ0v) is 25.7. The van der Waals surface area contributed by atoms with E-state index in [0.29, 0.717) is 0 Å². The maximum Gasteiger partial charge on any atom is 0.0725 e. The second-order valence-electron chi connectivity index (χ2n) is 12.8. The minimum atomic E-state index is -0.369. The molecule has 0 nitrogen and oxygen atoms in total. The van der Waals surface area contributed by atoms with Crippen molar-refractivity contribution in [3.05, 3.63) is 180 Å². The van der Waals surface area contributed by atoms with Crippen LogP contribution in [0.5, 0.6) is 0 Å². The predicted molar refractivity (Wildman–Crippen MR) is 193 cm³/mol. The molecular weight excluding hydrogens is 573 g/mol. The zero-order chi connectivity index (χ0) is 30.0. The van der Waals surface area contributed by atoms with Crippen LogP contribution in [0.25, 0.3) is 66.1 Å². The van der Waals surface area contributed by atoms with Crippen LogP contribution in [0.15, 0.2) is 168 Å². The summed E-state index contributed by atoms with van der Waals surface area (Å²) in [7, 11) is 0. The average Bonchev–Trinajstić information content (AvgIpc) is 3.58. The van der Waals surface area contributed by atoms with Gasteiger partial charge in [0.25, 0.3) is 0 Å². The van der Waals surface area contributed by atoms with Crippen LogP contribution in [0.3, 0.4) is 0 Å². The molecule has 0 amide bonds. The first-order chi connectivity index (χ1) is 22.8. The van der Waals surface area contributed by atoms with E-state index in [1.54, 1.807) is 0 Å². The SMILES string of the molecule is c1ccc2c(c1)-c1cc3ccccc3cc1C21c2ccccc2-c2c(-c3ccc4c(c3)-c3cccc5cccc(c35)S4)cccc21. The largest absolute Gasteiger partial charge is 0.0888 e. The molecule has 1 heterocycles. The molecule has 8 aromatic carbocycles. The molecule has 0 N–H and O–H groups in total. The van der Waals surface area contributed by atoms with Gasteiger partial charge in [0, 0.05) is 15.2 Å². The molecule has 0 fully saturated rings. The molecule has 8 aromatic rings. The molecule has 46 heavy (non-hydrogen) atoms. The van der Waals surface area contributed by atoms with Crippen molar-refractivity contribution in [3.8, 4) is 44.5 Å². The van der Waals surface area contributed by atoms with Crippen molar-refractivity contribution in [1.82, 2.24) is 0 Å². The summed E-state index contributed by atoms with van der Waals surface area (Å²) in [6, 6.07) is 59.5. The summed E-state index contributed by atoms with van der Waals surface area (Å²) in [5, 5.41) is 5.25. The van der Waals surface area contributed by atoms with Crippen molar-refractivity contribution >= 4 is 33.3 Å². The smallest absolute Gasteiger partial charge is 0.0725 e. The molecule has 1 heteroatoms. The Morgan fingerprint density at radius 2 is 0.978 bits per heavy atom. The Hall–Kier alpha value is -5.37. The van der Waals surface area contributed by atoms with E-state index < -0.39 is 0 Å². The molecule has 0 saturated carbocycles. The second kappa shape index (κ2) is 8.88. The standard InChI is InChI=1S/C45H26S/c1-2-11-29-26-40-35(24-28(29)10-1)32-14-3-5-18-37(32)45(40)38-19-6-4-15-34(38)44-31(16-9-20-39(44)45)30-22-23-41-36(25-30)33-17-7-12-27-13-8-21-42(46-41)43(27)33/h1-26H. The third kappa shape index (κ3) is 3.02. The molecule has 1 unspecified atom stereocenters. The number of rotatable bonds is 1. The summed E-state index contributed by atoms with van der Waals surface area (Å²) in [6.45, 7) is 0. The van der Waals surface area contributed by atoms with Gasteiger partial charge in [-0.15, -0.1) is 0 Å². The number of hydrogen-bond acceptors (Lipinski definition) is 1. The van der Waals surface area contributed by atoms with Crippen LogP contribution >= 0.6 is 11.8 Å². The van der Waals surface area contributed by atoms with Crippen LogP contribution in [0.2, 0.25) is 0 Å². The van der Waals surface area contributed by atoms with Crippen molar-refractivity contribution in [3.63, 3.8) is 0 Å². The van der Waals surface area contributed by atoms with Crippen LogP contribution in [-0.4, -0.2) is 0 Å². The van der Waals surface area contributed by atoms with Gasteiger partial charge >= 0.3 is 0 Å². The Balaban J connectivity index is 1.21. The van der Waals surface area contributed by atoms with E-state index in [2.05, 4.69) is 158 Å². The van der Waals surface area contributed by atoms with E-state index >= 15 is 0 Å². The van der Waals surface area contributed by atoms with E-state index in [-0.39, 0.29) is 5.41 Å². The summed E-state index contributed by atoms with van der Waals surface area (Å²) < 4.78 is 0. The summed E-state index contributed by atoms with van der Waals surface area (Å²) in [4.78, 5) is 2.67. The number of hydrogen-bond donors (Lipinski definition) is 0. The molecule has 212 valence electrons. The molecule has 11 rings (SSSR count). The van der Waals surface area contributed by atoms with Gasteiger partial charge in [-0.25, -0.2) is 0 Å². The normalized spacial score (nSPS) is 16.3. The Bertz CT molecular complexity index is 2620. The van der Waals surface area contributed by atoms with Crippen LogP contribution < -0.4 is 0 Å². The highest BCUT2D eigenvalue weighted by molar-refractivity contribution is 7.99. The van der Waals surface area contributed by atoms with Gasteiger partial charge in [-0.2, -0.15) is 0 Å². The molecule has 0 bridgehead atoms. The first-order valence-electron chi connectivity index (χ1n) is 16.0. The zero-order valence-electron chi connectivity index (χ0n) is 24.9. The first-order valence-corrected chi connectivity index (χ1v) is 16.8. The lowest BCUT2D eigenvalue weighted by atomic mass is 9.70. The lowest BCUT2D eigenvalue weighted by Gasteiger charge is -2.30. The molecule has 1 atom stereocenters. The van der Waals surface area contributed by atoms with E-state index in [9.17, 15) is 0 Å². The topological polar surface area (TPSA) is 0 Å². The van der Waals surface area contributed by atoms with Gasteiger partial charge in [-0.05, 0) is 113 Å². The molecule has 2 aliphatic carbocycles. The second-order valence-corrected chi connectivity index (χ2v) is 13.9. The lowest BCUT2D eigenvalue weighted by molar-refractivity contribution is 0.795. The highest BCUT2D eigenvalue weighted by Crippen LogP contribution is 2.64.